The van der Waals surface area contributed by atoms with Gasteiger partial charge in [0.2, 0.25) is 0 Å². The number of hydrogen-bond acceptors (Lipinski definition) is 3. The standard InChI is InChI=1S/C18H15N3O2S/c1-19-13-10-12(15-6-7-16(24-15)18(22)23)11-14(20-2)17(13)21-8-4-3-5-9-21/h6-7,10-11H,3-5,8-9H2,(H,22,23). The molecule has 1 aliphatic heterocycles. The van der Waals surface area contributed by atoms with Gasteiger partial charge in [-0.15, -0.1) is 11.3 Å². The van der Waals surface area contributed by atoms with Gasteiger partial charge in [-0.2, -0.15) is 0 Å². The lowest BCUT2D eigenvalue weighted by atomic mass is 10.1. The fraction of sp³-hybridized carbons (Fsp3) is 0.278. The maximum atomic E-state index is 11.1. The Labute approximate surface area is 144 Å². The van der Waals surface area contributed by atoms with Gasteiger partial charge in [-0.05, 0) is 49.1 Å². The van der Waals surface area contributed by atoms with E-state index < -0.39 is 5.97 Å². The molecule has 0 saturated carbocycles. The van der Waals surface area contributed by atoms with E-state index in [1.54, 1.807) is 24.3 Å². The molecule has 0 unspecified atom stereocenters. The number of aromatic carboxylic acids is 1. The SMILES string of the molecule is [C-]#[N+]c1cc(-c2ccc(C(=O)O)s2)cc([N+]#[C-])c1N1CCCCC1. The Hall–Kier alpha value is -2.83. The van der Waals surface area contributed by atoms with Gasteiger partial charge < -0.3 is 10.0 Å². The second kappa shape index (κ2) is 6.74. The number of carboxylic acid groups (broad SMARTS) is 1. The first-order valence-electron chi connectivity index (χ1n) is 7.65. The fourth-order valence-electron chi connectivity index (χ4n) is 2.97. The number of piperidine rings is 1. The van der Waals surface area contributed by atoms with Crippen LogP contribution in [0.3, 0.4) is 0 Å². The van der Waals surface area contributed by atoms with Crippen molar-refractivity contribution in [2.45, 2.75) is 19.3 Å². The highest BCUT2D eigenvalue weighted by molar-refractivity contribution is 7.17. The molecule has 3 rings (SSSR count). The Morgan fingerprint density at radius 3 is 2.21 bits per heavy atom. The van der Waals surface area contributed by atoms with Crippen LogP contribution in [0.5, 0.6) is 0 Å². The molecule has 0 atom stereocenters. The number of nitrogens with zero attached hydrogens (tertiary/aromatic N) is 3. The molecule has 5 nitrogen and oxygen atoms in total. The van der Waals surface area contributed by atoms with E-state index in [9.17, 15) is 4.79 Å². The van der Waals surface area contributed by atoms with Crippen molar-refractivity contribution in [3.8, 4) is 10.4 Å². The summed E-state index contributed by atoms with van der Waals surface area (Å²) in [6.45, 7) is 16.8. The lowest BCUT2D eigenvalue weighted by Crippen LogP contribution is -2.29. The third-order valence-corrected chi connectivity index (χ3v) is 5.21. The average Bonchev–Trinajstić information content (AvgIpc) is 3.11. The first kappa shape index (κ1) is 16.0. The van der Waals surface area contributed by atoms with E-state index in [4.69, 9.17) is 18.3 Å². The summed E-state index contributed by atoms with van der Waals surface area (Å²) in [5.74, 6) is -0.966. The lowest BCUT2D eigenvalue weighted by molar-refractivity contribution is 0.0702. The van der Waals surface area contributed by atoms with Crippen LogP contribution in [-0.4, -0.2) is 24.2 Å². The van der Waals surface area contributed by atoms with Gasteiger partial charge in [0, 0.05) is 23.7 Å². The van der Waals surface area contributed by atoms with Gasteiger partial charge in [0.25, 0.3) is 0 Å². The summed E-state index contributed by atoms with van der Waals surface area (Å²) in [5, 5.41) is 9.07. The van der Waals surface area contributed by atoms with Crippen LogP contribution >= 0.6 is 11.3 Å². The highest BCUT2D eigenvalue weighted by Crippen LogP contribution is 2.44. The minimum absolute atomic E-state index is 0.249. The average molecular weight is 337 g/mol. The van der Waals surface area contributed by atoms with Gasteiger partial charge in [0.15, 0.2) is 11.4 Å². The minimum Gasteiger partial charge on any atom is -0.477 e. The van der Waals surface area contributed by atoms with Gasteiger partial charge in [-0.25, -0.2) is 14.5 Å². The zero-order valence-electron chi connectivity index (χ0n) is 13.0. The molecule has 1 saturated heterocycles. The molecule has 0 bridgehead atoms. The summed E-state index contributed by atoms with van der Waals surface area (Å²) in [6, 6.07) is 6.81. The number of rotatable bonds is 3. The molecular formula is C18H15N3O2S. The highest BCUT2D eigenvalue weighted by Gasteiger charge is 2.20. The van der Waals surface area contributed by atoms with Crippen molar-refractivity contribution in [2.75, 3.05) is 18.0 Å². The van der Waals surface area contributed by atoms with Crippen molar-refractivity contribution in [3.05, 3.63) is 52.0 Å². The van der Waals surface area contributed by atoms with Crippen molar-refractivity contribution in [1.82, 2.24) is 0 Å². The van der Waals surface area contributed by atoms with Gasteiger partial charge in [0.05, 0.1) is 13.1 Å². The summed E-state index contributed by atoms with van der Waals surface area (Å²) in [6.07, 6.45) is 3.33. The summed E-state index contributed by atoms with van der Waals surface area (Å²) in [4.78, 5) is 21.5. The molecule has 1 aliphatic rings. The number of benzene rings is 1. The Bertz CT molecular complexity index is 832. The molecule has 0 amide bonds. The molecular weight excluding hydrogens is 322 g/mol. The zero-order chi connectivity index (χ0) is 17.1. The van der Waals surface area contributed by atoms with Crippen LogP contribution < -0.4 is 4.90 Å². The smallest absolute Gasteiger partial charge is 0.345 e. The molecule has 2 heterocycles. The van der Waals surface area contributed by atoms with Crippen LogP contribution in [0.25, 0.3) is 20.1 Å². The summed E-state index contributed by atoms with van der Waals surface area (Å²) >= 11 is 1.15. The van der Waals surface area contributed by atoms with Crippen LogP contribution in [0.4, 0.5) is 17.1 Å². The van der Waals surface area contributed by atoms with Crippen LogP contribution in [0.2, 0.25) is 0 Å². The van der Waals surface area contributed by atoms with E-state index in [0.29, 0.717) is 11.4 Å². The maximum absolute atomic E-state index is 11.1. The van der Waals surface area contributed by atoms with Crippen LogP contribution in [0.1, 0.15) is 28.9 Å². The number of carbonyl (C=O) groups is 1. The molecule has 1 fully saturated rings. The van der Waals surface area contributed by atoms with Crippen LogP contribution in [0, 0.1) is 13.1 Å². The van der Waals surface area contributed by atoms with Crippen molar-refractivity contribution in [2.24, 2.45) is 0 Å². The molecule has 2 aromatic rings. The fourth-order valence-corrected chi connectivity index (χ4v) is 3.80. The van der Waals surface area contributed by atoms with E-state index >= 15 is 0 Å². The van der Waals surface area contributed by atoms with Crippen molar-refractivity contribution in [3.63, 3.8) is 0 Å². The number of anilines is 1. The van der Waals surface area contributed by atoms with Gasteiger partial charge in [-0.1, -0.05) is 0 Å². The largest absolute Gasteiger partial charge is 0.477 e. The monoisotopic (exact) mass is 337 g/mol. The first-order chi connectivity index (χ1) is 11.6. The van der Waals surface area contributed by atoms with E-state index in [-0.39, 0.29) is 4.88 Å². The molecule has 0 spiro atoms. The summed E-state index contributed by atoms with van der Waals surface area (Å²) < 4.78 is 0. The topological polar surface area (TPSA) is 49.3 Å². The van der Waals surface area contributed by atoms with Crippen molar-refractivity contribution in [1.29, 1.82) is 0 Å². The lowest BCUT2D eigenvalue weighted by Gasteiger charge is -2.31. The predicted octanol–water partition coefficient (Wildman–Crippen LogP) is 5.21. The van der Waals surface area contributed by atoms with Gasteiger partial charge >= 0.3 is 5.97 Å². The molecule has 0 radical (unpaired) electrons. The molecule has 0 aliphatic carbocycles. The van der Waals surface area contributed by atoms with Gasteiger partial charge in [0.1, 0.15) is 4.88 Å². The summed E-state index contributed by atoms with van der Waals surface area (Å²) in [7, 11) is 0. The third-order valence-electron chi connectivity index (χ3n) is 4.08. The second-order valence-corrected chi connectivity index (χ2v) is 6.69. The van der Waals surface area contributed by atoms with E-state index in [2.05, 4.69) is 14.6 Å². The predicted molar refractivity (Wildman–Crippen MR) is 95.3 cm³/mol. The Morgan fingerprint density at radius 2 is 1.71 bits per heavy atom. The Balaban J connectivity index is 2.08. The van der Waals surface area contributed by atoms with Gasteiger partial charge in [-0.3, -0.25) is 0 Å². The maximum Gasteiger partial charge on any atom is 0.345 e. The molecule has 1 aromatic heterocycles. The Kier molecular flexibility index (Phi) is 4.50. The quantitative estimate of drug-likeness (QED) is 0.783. The van der Waals surface area contributed by atoms with Crippen LogP contribution in [-0.2, 0) is 0 Å². The summed E-state index contributed by atoms with van der Waals surface area (Å²) in [5.41, 5.74) is 2.38. The number of carboxylic acids is 1. The molecule has 6 heteroatoms. The minimum atomic E-state index is -0.966. The third kappa shape index (κ3) is 2.97. The zero-order valence-corrected chi connectivity index (χ0v) is 13.8. The van der Waals surface area contributed by atoms with Crippen molar-refractivity contribution >= 4 is 34.4 Å². The number of hydrogen-bond donors (Lipinski definition) is 1. The highest BCUT2D eigenvalue weighted by atomic mass is 32.1. The molecule has 1 aromatic carbocycles. The second-order valence-electron chi connectivity index (χ2n) is 5.60. The molecule has 24 heavy (non-hydrogen) atoms. The number of thiophene rings is 1. The van der Waals surface area contributed by atoms with E-state index in [1.165, 1.54) is 6.42 Å². The molecule has 1 N–H and O–H groups in total. The Morgan fingerprint density at radius 1 is 1.08 bits per heavy atom. The van der Waals surface area contributed by atoms with Crippen LogP contribution in [0.15, 0.2) is 24.3 Å². The molecule has 120 valence electrons. The van der Waals surface area contributed by atoms with E-state index in [1.807, 2.05) is 0 Å². The normalized spacial score (nSPS) is 14.0. The first-order valence-corrected chi connectivity index (χ1v) is 8.47. The van der Waals surface area contributed by atoms with Crippen molar-refractivity contribution < 1.29 is 9.90 Å². The van der Waals surface area contributed by atoms with E-state index in [0.717, 1.165) is 53.4 Å².